The van der Waals surface area contributed by atoms with Crippen molar-refractivity contribution in [3.8, 4) is 17.1 Å². The molecule has 26 heavy (non-hydrogen) atoms. The molecule has 0 aliphatic carbocycles. The van der Waals surface area contributed by atoms with Crippen molar-refractivity contribution in [1.29, 1.82) is 0 Å². The second-order valence-electron chi connectivity index (χ2n) is 5.22. The van der Waals surface area contributed by atoms with Gasteiger partial charge in [0, 0.05) is 35.7 Å². The molecule has 0 fully saturated rings. The lowest BCUT2D eigenvalue weighted by molar-refractivity contribution is -0.154. The van der Waals surface area contributed by atoms with Crippen molar-refractivity contribution in [2.45, 2.75) is 6.18 Å². The topological polar surface area (TPSA) is 107 Å². The first-order valence-corrected chi connectivity index (χ1v) is 7.29. The van der Waals surface area contributed by atoms with Gasteiger partial charge in [0.25, 0.3) is 0 Å². The van der Waals surface area contributed by atoms with E-state index in [0.29, 0.717) is 28.0 Å². The second-order valence-corrected chi connectivity index (χ2v) is 5.22. The van der Waals surface area contributed by atoms with Crippen molar-refractivity contribution in [2.75, 3.05) is 6.61 Å². The highest BCUT2D eigenvalue weighted by Gasteiger charge is 2.28. The number of rotatable bonds is 5. The molecule has 0 saturated heterocycles. The van der Waals surface area contributed by atoms with E-state index < -0.39 is 18.7 Å². The lowest BCUT2D eigenvalue weighted by atomic mass is 10.2. The van der Waals surface area contributed by atoms with Crippen molar-refractivity contribution in [3.05, 3.63) is 42.4 Å². The first kappa shape index (κ1) is 17.4. The zero-order valence-electron chi connectivity index (χ0n) is 13.1. The quantitative estimate of drug-likeness (QED) is 0.677. The average Bonchev–Trinajstić information content (AvgIpc) is 3.00. The monoisotopic (exact) mass is 363 g/mol. The Balaban J connectivity index is 1.85. The number of primary amides is 1. The average molecular weight is 363 g/mol. The van der Waals surface area contributed by atoms with Gasteiger partial charge in [-0.2, -0.15) is 13.2 Å². The van der Waals surface area contributed by atoms with E-state index in [4.69, 9.17) is 5.73 Å². The number of halogens is 3. The maximum absolute atomic E-state index is 12.1. The lowest BCUT2D eigenvalue weighted by Crippen LogP contribution is -2.19. The predicted octanol–water partition coefficient (Wildman–Crippen LogP) is 2.46. The minimum atomic E-state index is -4.43. The van der Waals surface area contributed by atoms with Crippen LogP contribution in [-0.2, 0) is 4.79 Å². The molecule has 0 saturated carbocycles. The van der Waals surface area contributed by atoms with Crippen molar-refractivity contribution < 1.29 is 22.7 Å². The summed E-state index contributed by atoms with van der Waals surface area (Å²) in [6.45, 7) is -1.41. The number of H-pyrrole nitrogens is 1. The summed E-state index contributed by atoms with van der Waals surface area (Å²) in [6.07, 6.45) is 2.73. The normalized spacial score (nSPS) is 12.0. The molecule has 0 aliphatic rings. The van der Waals surface area contributed by atoms with Gasteiger partial charge in [0.1, 0.15) is 5.52 Å². The number of nitrogens with zero attached hydrogens (tertiary/aromatic N) is 3. The van der Waals surface area contributed by atoms with E-state index in [1.165, 1.54) is 36.7 Å². The van der Waals surface area contributed by atoms with Crippen molar-refractivity contribution in [2.24, 2.45) is 5.73 Å². The van der Waals surface area contributed by atoms with Crippen molar-refractivity contribution >= 4 is 23.1 Å². The fourth-order valence-electron chi connectivity index (χ4n) is 2.12. The van der Waals surface area contributed by atoms with Gasteiger partial charge in [-0.25, -0.2) is 15.0 Å². The summed E-state index contributed by atoms with van der Waals surface area (Å²) in [5, 5.41) is 0. The highest BCUT2D eigenvalue weighted by Crippen LogP contribution is 2.23. The Labute approximate surface area is 144 Å². The molecule has 3 rings (SSSR count). The van der Waals surface area contributed by atoms with E-state index >= 15 is 0 Å². The smallest absolute Gasteiger partial charge is 0.422 e. The van der Waals surface area contributed by atoms with Crippen LogP contribution < -0.4 is 10.5 Å². The lowest BCUT2D eigenvalue weighted by Gasteiger charge is -2.08. The molecule has 3 aromatic heterocycles. The third kappa shape index (κ3) is 4.15. The number of alkyl halides is 3. The third-order valence-corrected chi connectivity index (χ3v) is 3.25. The van der Waals surface area contributed by atoms with Crippen LogP contribution in [-0.4, -0.2) is 38.6 Å². The second kappa shape index (κ2) is 6.82. The van der Waals surface area contributed by atoms with Gasteiger partial charge in [0.05, 0.1) is 11.9 Å². The van der Waals surface area contributed by atoms with Crippen molar-refractivity contribution in [1.82, 2.24) is 19.9 Å². The minimum absolute atomic E-state index is 0.146. The van der Waals surface area contributed by atoms with Crippen LogP contribution in [0.25, 0.3) is 28.5 Å². The summed E-state index contributed by atoms with van der Waals surface area (Å²) in [4.78, 5) is 26.3. The number of fused-ring (bicyclic) bond motifs is 1. The number of ether oxygens (including phenoxy) is 1. The van der Waals surface area contributed by atoms with Crippen molar-refractivity contribution in [3.63, 3.8) is 0 Å². The van der Waals surface area contributed by atoms with Crippen LogP contribution in [0.4, 0.5) is 13.2 Å². The number of hydrogen-bond donors (Lipinski definition) is 2. The Morgan fingerprint density at radius 2 is 2.08 bits per heavy atom. The highest BCUT2D eigenvalue weighted by molar-refractivity contribution is 5.93. The molecule has 3 heterocycles. The van der Waals surface area contributed by atoms with Gasteiger partial charge in [0.15, 0.2) is 12.3 Å². The van der Waals surface area contributed by atoms with E-state index in [-0.39, 0.29) is 5.88 Å². The fraction of sp³-hybridized carbons (Fsp3) is 0.125. The summed E-state index contributed by atoms with van der Waals surface area (Å²) in [5.74, 6) is -0.742. The summed E-state index contributed by atoms with van der Waals surface area (Å²) < 4.78 is 41.0. The molecular weight excluding hydrogens is 351 g/mol. The summed E-state index contributed by atoms with van der Waals surface area (Å²) in [7, 11) is 0. The van der Waals surface area contributed by atoms with Crippen LogP contribution in [0.2, 0.25) is 0 Å². The Morgan fingerprint density at radius 1 is 1.27 bits per heavy atom. The molecule has 7 nitrogen and oxygen atoms in total. The number of carbonyl (C=O) groups is 1. The molecule has 3 N–H and O–H groups in total. The van der Waals surface area contributed by atoms with Gasteiger partial charge in [-0.15, -0.1) is 0 Å². The van der Waals surface area contributed by atoms with Gasteiger partial charge >= 0.3 is 6.18 Å². The first-order chi connectivity index (χ1) is 12.3. The van der Waals surface area contributed by atoms with Gasteiger partial charge in [-0.05, 0) is 12.1 Å². The molecular formula is C16H12F3N5O2. The van der Waals surface area contributed by atoms with Gasteiger partial charge in [-0.1, -0.05) is 0 Å². The summed E-state index contributed by atoms with van der Waals surface area (Å²) in [5.41, 5.74) is 7.72. The summed E-state index contributed by atoms with van der Waals surface area (Å²) in [6, 6.07) is 2.85. The number of carbonyl (C=O) groups excluding carboxylic acids is 1. The van der Waals surface area contributed by atoms with E-state index in [9.17, 15) is 18.0 Å². The molecule has 1 amide bonds. The molecule has 0 radical (unpaired) electrons. The van der Waals surface area contributed by atoms with E-state index in [0.717, 1.165) is 0 Å². The number of pyridine rings is 1. The van der Waals surface area contributed by atoms with Gasteiger partial charge in [0.2, 0.25) is 11.8 Å². The molecule has 0 bridgehead atoms. The Bertz CT molecular complexity index is 964. The molecule has 134 valence electrons. The maximum Gasteiger partial charge on any atom is 0.422 e. The minimum Gasteiger partial charge on any atom is -0.468 e. The zero-order chi connectivity index (χ0) is 18.7. The van der Waals surface area contributed by atoms with Crippen LogP contribution in [0, 0.1) is 0 Å². The van der Waals surface area contributed by atoms with E-state index in [2.05, 4.69) is 24.7 Å². The van der Waals surface area contributed by atoms with E-state index in [1.54, 1.807) is 6.20 Å². The van der Waals surface area contributed by atoms with Crippen LogP contribution in [0.5, 0.6) is 5.88 Å². The van der Waals surface area contributed by atoms with Crippen LogP contribution in [0.15, 0.2) is 36.8 Å². The van der Waals surface area contributed by atoms with Crippen LogP contribution >= 0.6 is 0 Å². The number of aromatic amines is 1. The first-order valence-electron chi connectivity index (χ1n) is 7.29. The number of nitrogens with one attached hydrogen (secondary N) is 1. The third-order valence-electron chi connectivity index (χ3n) is 3.25. The number of amides is 1. The maximum atomic E-state index is 12.1. The van der Waals surface area contributed by atoms with Gasteiger partial charge < -0.3 is 15.5 Å². The standard InChI is InChI=1S/C16H12F3N5O2/c17-16(18,19)8-26-13-4-2-9(5-21-13)11-7-23-15-14(24-11)10(6-22-15)1-3-12(20)25/h1-7H,8H2,(H2,20,25)(H,22,23)/b3-1+. The molecule has 0 atom stereocenters. The van der Waals surface area contributed by atoms with Crippen LogP contribution in [0.1, 0.15) is 5.56 Å². The Kier molecular flexibility index (Phi) is 4.57. The SMILES string of the molecule is NC(=O)/C=C/c1c[nH]c2ncc(-c3ccc(OCC(F)(F)F)nc3)nc12. The van der Waals surface area contributed by atoms with Gasteiger partial charge in [-0.3, -0.25) is 4.79 Å². The zero-order valence-corrected chi connectivity index (χ0v) is 13.1. The fourth-order valence-corrected chi connectivity index (χ4v) is 2.12. The molecule has 10 heteroatoms. The Morgan fingerprint density at radius 3 is 2.73 bits per heavy atom. The number of nitrogens with two attached hydrogens (primary N) is 1. The molecule has 0 aliphatic heterocycles. The molecule has 0 aromatic carbocycles. The molecule has 0 spiro atoms. The number of hydrogen-bond acceptors (Lipinski definition) is 5. The van der Waals surface area contributed by atoms with E-state index in [1.807, 2.05) is 0 Å². The summed E-state index contributed by atoms with van der Waals surface area (Å²) >= 11 is 0. The predicted molar refractivity (Wildman–Crippen MR) is 86.9 cm³/mol. The number of aromatic nitrogens is 4. The largest absolute Gasteiger partial charge is 0.468 e. The Hall–Kier alpha value is -3.43. The van der Waals surface area contributed by atoms with Crippen LogP contribution in [0.3, 0.4) is 0 Å². The highest BCUT2D eigenvalue weighted by atomic mass is 19.4. The molecule has 0 unspecified atom stereocenters. The molecule has 3 aromatic rings.